The van der Waals surface area contributed by atoms with Crippen LogP contribution < -0.4 is 5.32 Å². The van der Waals surface area contributed by atoms with Gasteiger partial charge in [0, 0.05) is 35.2 Å². The van der Waals surface area contributed by atoms with Gasteiger partial charge in [-0.15, -0.1) is 10.2 Å². The van der Waals surface area contributed by atoms with Gasteiger partial charge < -0.3 is 14.8 Å². The SMILES string of the molecule is Cc1ccc(NC(=O)CSc2nnc(-c3ccncc3)n2CCCN(C)C)cc1Cl. The van der Waals surface area contributed by atoms with Crippen LogP contribution in [0.4, 0.5) is 5.69 Å². The van der Waals surface area contributed by atoms with Crippen molar-refractivity contribution in [2.24, 2.45) is 0 Å². The highest BCUT2D eigenvalue weighted by Gasteiger charge is 2.16. The molecular weight excluding hydrogens is 420 g/mol. The van der Waals surface area contributed by atoms with E-state index in [9.17, 15) is 4.79 Å². The van der Waals surface area contributed by atoms with Crippen molar-refractivity contribution >= 4 is 35.0 Å². The minimum absolute atomic E-state index is 0.117. The van der Waals surface area contributed by atoms with E-state index in [-0.39, 0.29) is 11.7 Å². The quantitative estimate of drug-likeness (QED) is 0.503. The van der Waals surface area contributed by atoms with Crippen LogP contribution in [0, 0.1) is 6.92 Å². The maximum atomic E-state index is 12.4. The third-order valence-electron chi connectivity index (χ3n) is 4.43. The average molecular weight is 445 g/mol. The molecule has 2 aromatic heterocycles. The number of carbonyl (C=O) groups is 1. The van der Waals surface area contributed by atoms with E-state index in [2.05, 4.69) is 30.0 Å². The minimum atomic E-state index is -0.117. The van der Waals surface area contributed by atoms with E-state index >= 15 is 0 Å². The smallest absolute Gasteiger partial charge is 0.234 e. The fourth-order valence-electron chi connectivity index (χ4n) is 2.85. The summed E-state index contributed by atoms with van der Waals surface area (Å²) < 4.78 is 2.07. The Morgan fingerprint density at radius 3 is 2.67 bits per heavy atom. The molecule has 0 spiro atoms. The lowest BCUT2D eigenvalue weighted by Crippen LogP contribution is -2.16. The first-order chi connectivity index (χ1) is 14.4. The number of pyridine rings is 1. The molecule has 2 heterocycles. The first-order valence-electron chi connectivity index (χ1n) is 9.61. The molecule has 3 aromatic rings. The summed E-state index contributed by atoms with van der Waals surface area (Å²) in [6, 6.07) is 9.30. The van der Waals surface area contributed by atoms with E-state index in [4.69, 9.17) is 11.6 Å². The third-order valence-corrected chi connectivity index (χ3v) is 5.80. The number of hydrogen-bond acceptors (Lipinski definition) is 6. The maximum absolute atomic E-state index is 12.4. The maximum Gasteiger partial charge on any atom is 0.234 e. The van der Waals surface area contributed by atoms with Gasteiger partial charge in [-0.3, -0.25) is 9.78 Å². The monoisotopic (exact) mass is 444 g/mol. The lowest BCUT2D eigenvalue weighted by Gasteiger charge is -2.13. The van der Waals surface area contributed by atoms with Crippen LogP contribution in [0.25, 0.3) is 11.4 Å². The Bertz CT molecular complexity index is 992. The highest BCUT2D eigenvalue weighted by molar-refractivity contribution is 7.99. The van der Waals surface area contributed by atoms with Crippen molar-refractivity contribution in [2.75, 3.05) is 31.7 Å². The zero-order valence-electron chi connectivity index (χ0n) is 17.3. The van der Waals surface area contributed by atoms with Crippen molar-refractivity contribution in [1.82, 2.24) is 24.6 Å². The highest BCUT2D eigenvalue weighted by Crippen LogP contribution is 2.25. The summed E-state index contributed by atoms with van der Waals surface area (Å²) in [6.07, 6.45) is 4.42. The van der Waals surface area contributed by atoms with Crippen molar-refractivity contribution in [2.45, 2.75) is 25.0 Å². The number of halogens is 1. The Morgan fingerprint density at radius 1 is 1.20 bits per heavy atom. The Hall–Kier alpha value is -2.42. The summed E-state index contributed by atoms with van der Waals surface area (Å²) >= 11 is 7.51. The molecule has 0 aliphatic heterocycles. The molecule has 0 aliphatic carbocycles. The van der Waals surface area contributed by atoms with Crippen LogP contribution in [-0.4, -0.2) is 56.9 Å². The molecule has 0 fully saturated rings. The van der Waals surface area contributed by atoms with Gasteiger partial charge in [0.1, 0.15) is 0 Å². The van der Waals surface area contributed by atoms with Crippen LogP contribution in [0.2, 0.25) is 5.02 Å². The number of carbonyl (C=O) groups excluding carboxylic acids is 1. The molecule has 0 saturated heterocycles. The number of hydrogen-bond donors (Lipinski definition) is 1. The number of aryl methyl sites for hydroxylation is 1. The molecule has 0 aliphatic rings. The van der Waals surface area contributed by atoms with E-state index in [1.54, 1.807) is 18.5 Å². The molecule has 0 unspecified atom stereocenters. The number of anilines is 1. The normalized spacial score (nSPS) is 11.1. The molecule has 158 valence electrons. The second-order valence-corrected chi connectivity index (χ2v) is 8.50. The number of nitrogens with one attached hydrogen (secondary N) is 1. The van der Waals surface area contributed by atoms with E-state index in [0.29, 0.717) is 10.7 Å². The second-order valence-electron chi connectivity index (χ2n) is 7.15. The van der Waals surface area contributed by atoms with E-state index in [1.807, 2.05) is 45.3 Å². The molecule has 0 bridgehead atoms. The van der Waals surface area contributed by atoms with Gasteiger partial charge in [0.05, 0.1) is 5.75 Å². The van der Waals surface area contributed by atoms with E-state index < -0.39 is 0 Å². The molecule has 7 nitrogen and oxygen atoms in total. The second kappa shape index (κ2) is 10.6. The summed E-state index contributed by atoms with van der Waals surface area (Å²) in [5.74, 6) is 0.894. The molecule has 0 saturated carbocycles. The lowest BCUT2D eigenvalue weighted by atomic mass is 10.2. The predicted octanol–water partition coefficient (Wildman–Crippen LogP) is 3.98. The zero-order valence-corrected chi connectivity index (χ0v) is 18.9. The van der Waals surface area contributed by atoms with Crippen LogP contribution in [0.15, 0.2) is 47.9 Å². The van der Waals surface area contributed by atoms with Crippen LogP contribution in [-0.2, 0) is 11.3 Å². The number of rotatable bonds is 9. The molecule has 9 heteroatoms. The van der Waals surface area contributed by atoms with Crippen molar-refractivity contribution in [3.05, 3.63) is 53.3 Å². The summed E-state index contributed by atoms with van der Waals surface area (Å²) in [5.41, 5.74) is 2.60. The number of amides is 1. The Balaban J connectivity index is 1.70. The van der Waals surface area contributed by atoms with Crippen LogP contribution in [0.5, 0.6) is 0 Å². The van der Waals surface area contributed by atoms with Gasteiger partial charge in [-0.1, -0.05) is 29.4 Å². The van der Waals surface area contributed by atoms with Gasteiger partial charge in [-0.25, -0.2) is 0 Å². The van der Waals surface area contributed by atoms with Gasteiger partial charge in [0.25, 0.3) is 0 Å². The molecule has 1 N–H and O–H groups in total. The molecule has 30 heavy (non-hydrogen) atoms. The fraction of sp³-hybridized carbons (Fsp3) is 0.333. The van der Waals surface area contributed by atoms with Gasteiger partial charge >= 0.3 is 0 Å². The molecule has 0 radical (unpaired) electrons. The first kappa shape index (κ1) is 22.3. The van der Waals surface area contributed by atoms with Crippen molar-refractivity contribution in [1.29, 1.82) is 0 Å². The van der Waals surface area contributed by atoms with Gasteiger partial charge in [-0.2, -0.15) is 0 Å². The third kappa shape index (κ3) is 6.04. The van der Waals surface area contributed by atoms with Crippen LogP contribution >= 0.6 is 23.4 Å². The number of benzene rings is 1. The van der Waals surface area contributed by atoms with Gasteiger partial charge in [0.2, 0.25) is 5.91 Å². The minimum Gasteiger partial charge on any atom is -0.325 e. The topological polar surface area (TPSA) is 75.9 Å². The predicted molar refractivity (Wildman–Crippen MR) is 122 cm³/mol. The number of nitrogens with zero attached hydrogens (tertiary/aromatic N) is 5. The van der Waals surface area contributed by atoms with Crippen molar-refractivity contribution in [3.8, 4) is 11.4 Å². The van der Waals surface area contributed by atoms with Crippen molar-refractivity contribution < 1.29 is 4.79 Å². The summed E-state index contributed by atoms with van der Waals surface area (Å²) in [4.78, 5) is 18.6. The average Bonchev–Trinajstić information content (AvgIpc) is 3.12. The summed E-state index contributed by atoms with van der Waals surface area (Å²) in [5, 5.41) is 12.9. The number of thioether (sulfide) groups is 1. The van der Waals surface area contributed by atoms with Crippen LogP contribution in [0.3, 0.4) is 0 Å². The largest absolute Gasteiger partial charge is 0.325 e. The molecule has 1 aromatic carbocycles. The standard InChI is InChI=1S/C21H25ClN6OS/c1-15-5-6-17(13-18(15)22)24-19(29)14-30-21-26-25-20(16-7-9-23-10-8-16)28(21)12-4-11-27(2)3/h5-10,13H,4,11-12,14H2,1-3H3,(H,24,29). The molecule has 1 amide bonds. The molecular formula is C21H25ClN6OS. The summed E-state index contributed by atoms with van der Waals surface area (Å²) in [7, 11) is 4.10. The lowest BCUT2D eigenvalue weighted by molar-refractivity contribution is -0.113. The summed E-state index contributed by atoms with van der Waals surface area (Å²) in [6.45, 7) is 3.64. The zero-order chi connectivity index (χ0) is 21.5. The highest BCUT2D eigenvalue weighted by atomic mass is 35.5. The molecule has 3 rings (SSSR count). The Morgan fingerprint density at radius 2 is 1.97 bits per heavy atom. The van der Waals surface area contributed by atoms with E-state index in [0.717, 1.165) is 41.6 Å². The van der Waals surface area contributed by atoms with Crippen LogP contribution in [0.1, 0.15) is 12.0 Å². The first-order valence-corrected chi connectivity index (χ1v) is 11.0. The van der Waals surface area contributed by atoms with Gasteiger partial charge in [0.15, 0.2) is 11.0 Å². The van der Waals surface area contributed by atoms with E-state index in [1.165, 1.54) is 11.8 Å². The number of aromatic nitrogens is 4. The molecule has 0 atom stereocenters. The van der Waals surface area contributed by atoms with Gasteiger partial charge in [-0.05, 0) is 63.8 Å². The van der Waals surface area contributed by atoms with Crippen molar-refractivity contribution in [3.63, 3.8) is 0 Å². The fourth-order valence-corrected chi connectivity index (χ4v) is 3.80. The Labute approximate surface area is 185 Å². The Kier molecular flexibility index (Phi) is 7.84.